The van der Waals surface area contributed by atoms with Crippen LogP contribution in [0.25, 0.3) is 11.0 Å². The topological polar surface area (TPSA) is 41.6 Å². The third-order valence-electron chi connectivity index (χ3n) is 2.65. The van der Waals surface area contributed by atoms with Crippen LogP contribution in [0.5, 0.6) is 0 Å². The second kappa shape index (κ2) is 4.91. The third kappa shape index (κ3) is 2.22. The van der Waals surface area contributed by atoms with Crippen molar-refractivity contribution < 1.29 is 8.78 Å². The Morgan fingerprint density at radius 2 is 2.05 bits per heavy atom. The Hall–Kier alpha value is -2.45. The summed E-state index contributed by atoms with van der Waals surface area (Å²) in [4.78, 5) is 4.07. The van der Waals surface area contributed by atoms with Crippen LogP contribution >= 0.6 is 11.6 Å². The van der Waals surface area contributed by atoms with Crippen molar-refractivity contribution >= 4 is 22.6 Å². The first kappa shape index (κ1) is 12.6. The first-order valence-corrected chi connectivity index (χ1v) is 5.98. The first-order valence-electron chi connectivity index (χ1n) is 5.61. The van der Waals surface area contributed by atoms with Gasteiger partial charge in [0.2, 0.25) is 0 Å². The van der Waals surface area contributed by atoms with Crippen molar-refractivity contribution in [2.45, 2.75) is 0 Å². The average Bonchev–Trinajstić information content (AvgIpc) is 2.81. The fraction of sp³-hybridized carbons (Fsp3) is 0. The summed E-state index contributed by atoms with van der Waals surface area (Å²) >= 11 is 5.77. The molecule has 0 amide bonds. The maximum Gasteiger partial charge on any atom is 0.156 e. The summed E-state index contributed by atoms with van der Waals surface area (Å²) in [5, 5.41) is 7.34. The van der Waals surface area contributed by atoms with Gasteiger partial charge in [0.25, 0.3) is 0 Å². The number of pyridine rings is 1. The predicted octanol–water partition coefficient (Wildman–Crippen LogP) is 3.29. The van der Waals surface area contributed by atoms with E-state index in [0.29, 0.717) is 11.3 Å². The van der Waals surface area contributed by atoms with Crippen molar-refractivity contribution in [1.82, 2.24) is 15.2 Å². The molecule has 0 aliphatic carbocycles. The van der Waals surface area contributed by atoms with Gasteiger partial charge in [-0.05, 0) is 24.1 Å². The smallest absolute Gasteiger partial charge is 0.156 e. The molecule has 0 aliphatic heterocycles. The fourth-order valence-electron chi connectivity index (χ4n) is 1.73. The molecule has 0 bridgehead atoms. The number of benzene rings is 1. The van der Waals surface area contributed by atoms with Gasteiger partial charge in [-0.25, -0.2) is 13.8 Å². The number of nitrogens with one attached hydrogen (secondary N) is 1. The summed E-state index contributed by atoms with van der Waals surface area (Å²) in [5.41, 5.74) is 0.948. The van der Waals surface area contributed by atoms with Crippen LogP contribution in [0.3, 0.4) is 0 Å². The summed E-state index contributed by atoms with van der Waals surface area (Å²) in [6.07, 6.45) is 1.62. The van der Waals surface area contributed by atoms with E-state index < -0.39 is 11.6 Å². The van der Waals surface area contributed by atoms with Crippen molar-refractivity contribution in [3.05, 3.63) is 58.4 Å². The van der Waals surface area contributed by atoms with Crippen molar-refractivity contribution in [3.8, 4) is 11.8 Å². The van der Waals surface area contributed by atoms with E-state index in [1.807, 2.05) is 0 Å². The van der Waals surface area contributed by atoms with Crippen LogP contribution in [0.2, 0.25) is 5.02 Å². The van der Waals surface area contributed by atoms with E-state index in [1.165, 1.54) is 0 Å². The minimum Gasteiger partial charge on any atom is -0.260 e. The van der Waals surface area contributed by atoms with E-state index in [4.69, 9.17) is 11.6 Å². The van der Waals surface area contributed by atoms with E-state index >= 15 is 0 Å². The molecule has 0 aliphatic rings. The molecule has 3 nitrogen and oxygen atoms in total. The molecule has 0 radical (unpaired) electrons. The van der Waals surface area contributed by atoms with Gasteiger partial charge in [0.1, 0.15) is 17.3 Å². The van der Waals surface area contributed by atoms with Gasteiger partial charge >= 0.3 is 0 Å². The molecule has 0 unspecified atom stereocenters. The molecular weight excluding hydrogens is 284 g/mol. The molecule has 98 valence electrons. The molecule has 0 spiro atoms. The van der Waals surface area contributed by atoms with E-state index in [9.17, 15) is 8.78 Å². The molecule has 0 saturated heterocycles. The number of fused-ring (bicyclic) bond motifs is 1. The Bertz CT molecular complexity index is 838. The molecule has 2 aromatic heterocycles. The van der Waals surface area contributed by atoms with Gasteiger partial charge in [0.05, 0.1) is 16.0 Å². The highest BCUT2D eigenvalue weighted by Gasteiger charge is 2.08. The third-order valence-corrected chi connectivity index (χ3v) is 2.95. The molecular formula is C14H6ClF2N3. The molecule has 3 aromatic rings. The van der Waals surface area contributed by atoms with E-state index in [0.717, 1.165) is 17.5 Å². The molecule has 0 atom stereocenters. The Morgan fingerprint density at radius 1 is 1.20 bits per heavy atom. The van der Waals surface area contributed by atoms with Crippen molar-refractivity contribution in [2.24, 2.45) is 0 Å². The van der Waals surface area contributed by atoms with Crippen LogP contribution in [0.1, 0.15) is 11.3 Å². The maximum absolute atomic E-state index is 13.6. The number of rotatable bonds is 0. The second-order valence-electron chi connectivity index (χ2n) is 3.97. The number of aromatic nitrogens is 3. The highest BCUT2D eigenvalue weighted by atomic mass is 35.5. The van der Waals surface area contributed by atoms with Crippen LogP contribution in [0.4, 0.5) is 8.78 Å². The lowest BCUT2D eigenvalue weighted by Crippen LogP contribution is -1.88. The molecule has 0 fully saturated rings. The second-order valence-corrected chi connectivity index (χ2v) is 4.37. The zero-order valence-corrected chi connectivity index (χ0v) is 10.7. The Kier molecular flexibility index (Phi) is 3.09. The highest BCUT2D eigenvalue weighted by Crippen LogP contribution is 2.20. The minimum atomic E-state index is -0.805. The van der Waals surface area contributed by atoms with Crippen molar-refractivity contribution in [2.75, 3.05) is 0 Å². The standard InChI is InChI=1S/C14H6ClF2N3/c15-11-6-8(16)7-12(17)9(11)3-4-13-10-2-1-5-18-14(10)20-19-13/h1-2,5-7H,(H,18,19,20). The summed E-state index contributed by atoms with van der Waals surface area (Å²) in [5.74, 6) is 3.73. The average molecular weight is 290 g/mol. The van der Waals surface area contributed by atoms with Gasteiger partial charge in [-0.15, -0.1) is 0 Å². The lowest BCUT2D eigenvalue weighted by atomic mass is 10.2. The number of aromatic amines is 1. The highest BCUT2D eigenvalue weighted by molar-refractivity contribution is 6.31. The van der Waals surface area contributed by atoms with Gasteiger partial charge in [-0.2, -0.15) is 5.10 Å². The molecule has 20 heavy (non-hydrogen) atoms. The van der Waals surface area contributed by atoms with Gasteiger partial charge in [-0.3, -0.25) is 5.10 Å². The van der Waals surface area contributed by atoms with E-state index in [2.05, 4.69) is 27.0 Å². The van der Waals surface area contributed by atoms with E-state index in [-0.39, 0.29) is 10.6 Å². The molecule has 1 N–H and O–H groups in total. The van der Waals surface area contributed by atoms with Crippen LogP contribution in [0, 0.1) is 23.5 Å². The number of hydrogen-bond donors (Lipinski definition) is 1. The zero-order chi connectivity index (χ0) is 14.1. The lowest BCUT2D eigenvalue weighted by Gasteiger charge is -1.97. The van der Waals surface area contributed by atoms with Gasteiger partial charge < -0.3 is 0 Å². The number of hydrogen-bond acceptors (Lipinski definition) is 2. The Labute approximate surface area is 117 Å². The fourth-order valence-corrected chi connectivity index (χ4v) is 1.97. The number of halogens is 3. The van der Waals surface area contributed by atoms with Gasteiger partial charge in [0, 0.05) is 12.3 Å². The van der Waals surface area contributed by atoms with Crippen LogP contribution in [-0.4, -0.2) is 15.2 Å². The molecule has 2 heterocycles. The van der Waals surface area contributed by atoms with Crippen molar-refractivity contribution in [3.63, 3.8) is 0 Å². The Morgan fingerprint density at radius 3 is 2.85 bits per heavy atom. The van der Waals surface area contributed by atoms with Crippen LogP contribution in [0.15, 0.2) is 30.5 Å². The summed E-state index contributed by atoms with van der Waals surface area (Å²) in [6.45, 7) is 0. The van der Waals surface area contributed by atoms with Crippen LogP contribution in [-0.2, 0) is 0 Å². The van der Waals surface area contributed by atoms with E-state index in [1.54, 1.807) is 18.3 Å². The zero-order valence-electron chi connectivity index (χ0n) is 9.92. The van der Waals surface area contributed by atoms with Gasteiger partial charge in [0.15, 0.2) is 5.65 Å². The van der Waals surface area contributed by atoms with Crippen molar-refractivity contribution in [1.29, 1.82) is 0 Å². The summed E-state index contributed by atoms with van der Waals surface area (Å²) in [6, 6.07) is 5.28. The number of nitrogens with zero attached hydrogens (tertiary/aromatic N) is 2. The maximum atomic E-state index is 13.6. The normalized spacial score (nSPS) is 10.3. The van der Waals surface area contributed by atoms with Crippen LogP contribution < -0.4 is 0 Å². The molecule has 0 saturated carbocycles. The monoisotopic (exact) mass is 289 g/mol. The summed E-state index contributed by atoms with van der Waals surface area (Å²) < 4.78 is 26.5. The predicted molar refractivity (Wildman–Crippen MR) is 71.2 cm³/mol. The molecule has 6 heteroatoms. The summed E-state index contributed by atoms with van der Waals surface area (Å²) in [7, 11) is 0. The molecule has 1 aromatic carbocycles. The minimum absolute atomic E-state index is 0.0619. The lowest BCUT2D eigenvalue weighted by molar-refractivity contribution is 0.581. The SMILES string of the molecule is Fc1cc(F)c(C#Cc2n[nH]c3ncccc23)c(Cl)c1. The largest absolute Gasteiger partial charge is 0.260 e. The van der Waals surface area contributed by atoms with Gasteiger partial charge in [-0.1, -0.05) is 17.5 Å². The number of H-pyrrole nitrogens is 1. The Balaban J connectivity index is 2.09. The molecule has 3 rings (SSSR count). The quantitative estimate of drug-likeness (QED) is 0.645. The first-order chi connectivity index (χ1) is 9.65.